The minimum Gasteiger partial charge on any atom is -0.314 e. The van der Waals surface area contributed by atoms with Gasteiger partial charge in [0.2, 0.25) is 0 Å². The minimum absolute atomic E-state index is 0.200. The van der Waals surface area contributed by atoms with Crippen molar-refractivity contribution < 1.29 is 0 Å². The first-order valence-electron chi connectivity index (χ1n) is 7.47. The maximum absolute atomic E-state index is 9.92. The van der Waals surface area contributed by atoms with Crippen molar-refractivity contribution in [3.05, 3.63) is 0 Å². The first kappa shape index (κ1) is 13.8. The second-order valence-corrected chi connectivity index (χ2v) is 6.51. The smallest absolute Gasteiger partial charge is 0.112 e. The number of nitrogens with one attached hydrogen (secondary N) is 1. The summed E-state index contributed by atoms with van der Waals surface area (Å²) in [6.07, 6.45) is 3.57. The van der Waals surface area contributed by atoms with Gasteiger partial charge in [0, 0.05) is 26.2 Å². The second-order valence-electron chi connectivity index (χ2n) is 6.51. The van der Waals surface area contributed by atoms with Crippen LogP contribution in [0.15, 0.2) is 0 Å². The van der Waals surface area contributed by atoms with Gasteiger partial charge in [-0.15, -0.1) is 0 Å². The standard InChI is InChI=1S/C15H27N3/c1-12(2)14-5-4-13(3)10-15(14,11-16)18-8-6-17-7-9-18/h12-14,17H,4-10H2,1-3H3. The van der Waals surface area contributed by atoms with Crippen LogP contribution in [0, 0.1) is 29.1 Å². The van der Waals surface area contributed by atoms with E-state index < -0.39 is 0 Å². The molecule has 0 aromatic carbocycles. The highest BCUT2D eigenvalue weighted by molar-refractivity contribution is 5.15. The highest BCUT2D eigenvalue weighted by Gasteiger charge is 2.48. The van der Waals surface area contributed by atoms with E-state index >= 15 is 0 Å². The van der Waals surface area contributed by atoms with E-state index in [1.165, 1.54) is 12.8 Å². The normalized spacial score (nSPS) is 38.6. The minimum atomic E-state index is -0.200. The van der Waals surface area contributed by atoms with Crippen LogP contribution in [0.1, 0.15) is 40.0 Å². The van der Waals surface area contributed by atoms with Crippen LogP contribution < -0.4 is 5.32 Å². The molecule has 0 spiro atoms. The lowest BCUT2D eigenvalue weighted by molar-refractivity contribution is -0.00111. The molecular formula is C15H27N3. The molecular weight excluding hydrogens is 222 g/mol. The molecule has 1 N–H and O–H groups in total. The third kappa shape index (κ3) is 2.41. The Bertz CT molecular complexity index is 314. The molecule has 1 aliphatic carbocycles. The highest BCUT2D eigenvalue weighted by Crippen LogP contribution is 2.44. The van der Waals surface area contributed by atoms with Crippen molar-refractivity contribution in [2.45, 2.75) is 45.6 Å². The van der Waals surface area contributed by atoms with E-state index in [0.717, 1.165) is 32.6 Å². The van der Waals surface area contributed by atoms with Crippen molar-refractivity contribution in [1.29, 1.82) is 5.26 Å². The Hall–Kier alpha value is -0.590. The van der Waals surface area contributed by atoms with Crippen LogP contribution in [0.5, 0.6) is 0 Å². The summed E-state index contributed by atoms with van der Waals surface area (Å²) in [7, 11) is 0. The van der Waals surface area contributed by atoms with Gasteiger partial charge < -0.3 is 5.32 Å². The van der Waals surface area contributed by atoms with E-state index in [4.69, 9.17) is 0 Å². The number of piperazine rings is 1. The number of rotatable bonds is 2. The average Bonchev–Trinajstić information content (AvgIpc) is 2.39. The molecule has 0 aromatic rings. The topological polar surface area (TPSA) is 39.1 Å². The van der Waals surface area contributed by atoms with Gasteiger partial charge in [-0.1, -0.05) is 27.2 Å². The molecule has 1 heterocycles. The van der Waals surface area contributed by atoms with Crippen LogP contribution in [-0.2, 0) is 0 Å². The van der Waals surface area contributed by atoms with Gasteiger partial charge in [0.1, 0.15) is 5.54 Å². The molecule has 2 aliphatic rings. The summed E-state index contributed by atoms with van der Waals surface area (Å²) in [6, 6.07) is 2.75. The summed E-state index contributed by atoms with van der Waals surface area (Å²) in [5.74, 6) is 1.83. The van der Waals surface area contributed by atoms with Crippen molar-refractivity contribution >= 4 is 0 Å². The first-order valence-corrected chi connectivity index (χ1v) is 7.47. The fourth-order valence-electron chi connectivity index (χ4n) is 4.00. The average molecular weight is 249 g/mol. The van der Waals surface area contributed by atoms with E-state index in [1.54, 1.807) is 0 Å². The second kappa shape index (κ2) is 5.59. The summed E-state index contributed by atoms with van der Waals surface area (Å²) in [4.78, 5) is 2.48. The van der Waals surface area contributed by atoms with Gasteiger partial charge in [-0.2, -0.15) is 5.26 Å². The Balaban J connectivity index is 2.26. The molecule has 3 nitrogen and oxygen atoms in total. The molecule has 0 aromatic heterocycles. The SMILES string of the molecule is CC1CCC(C(C)C)C(C#N)(N2CCNCC2)C1. The Labute approximate surface area is 112 Å². The van der Waals surface area contributed by atoms with Gasteiger partial charge in [-0.05, 0) is 30.6 Å². The predicted molar refractivity (Wildman–Crippen MR) is 74.1 cm³/mol. The largest absolute Gasteiger partial charge is 0.314 e. The fraction of sp³-hybridized carbons (Fsp3) is 0.933. The highest BCUT2D eigenvalue weighted by atomic mass is 15.2. The molecule has 2 rings (SSSR count). The van der Waals surface area contributed by atoms with E-state index in [9.17, 15) is 5.26 Å². The monoisotopic (exact) mass is 249 g/mol. The maximum atomic E-state index is 9.92. The lowest BCUT2D eigenvalue weighted by Gasteiger charge is -2.51. The zero-order valence-corrected chi connectivity index (χ0v) is 12.1. The number of hydrogen-bond donors (Lipinski definition) is 1. The van der Waals surface area contributed by atoms with Crippen molar-refractivity contribution in [2.24, 2.45) is 17.8 Å². The van der Waals surface area contributed by atoms with E-state index in [1.807, 2.05) is 0 Å². The van der Waals surface area contributed by atoms with Crippen molar-refractivity contribution in [1.82, 2.24) is 10.2 Å². The summed E-state index contributed by atoms with van der Waals surface area (Å²) >= 11 is 0. The van der Waals surface area contributed by atoms with E-state index in [-0.39, 0.29) is 5.54 Å². The van der Waals surface area contributed by atoms with Gasteiger partial charge in [0.05, 0.1) is 6.07 Å². The van der Waals surface area contributed by atoms with Crippen LogP contribution in [0.4, 0.5) is 0 Å². The van der Waals surface area contributed by atoms with Gasteiger partial charge in [0.25, 0.3) is 0 Å². The van der Waals surface area contributed by atoms with Gasteiger partial charge >= 0.3 is 0 Å². The lowest BCUT2D eigenvalue weighted by Crippen LogP contribution is -2.61. The number of hydrogen-bond acceptors (Lipinski definition) is 3. The van der Waals surface area contributed by atoms with Crippen molar-refractivity contribution in [3.63, 3.8) is 0 Å². The van der Waals surface area contributed by atoms with Gasteiger partial charge in [-0.25, -0.2) is 0 Å². The quantitative estimate of drug-likeness (QED) is 0.816. The molecule has 0 bridgehead atoms. The molecule has 0 amide bonds. The van der Waals surface area contributed by atoms with E-state index in [0.29, 0.717) is 17.8 Å². The van der Waals surface area contributed by atoms with Crippen LogP contribution in [0.3, 0.4) is 0 Å². The lowest BCUT2D eigenvalue weighted by atomic mass is 9.64. The number of nitrogens with zero attached hydrogens (tertiary/aromatic N) is 2. The summed E-state index contributed by atoms with van der Waals surface area (Å²) < 4.78 is 0. The number of nitriles is 1. The van der Waals surface area contributed by atoms with Crippen LogP contribution in [-0.4, -0.2) is 36.6 Å². The Morgan fingerprint density at radius 1 is 1.28 bits per heavy atom. The Morgan fingerprint density at radius 3 is 2.50 bits per heavy atom. The zero-order chi connectivity index (χ0) is 13.2. The maximum Gasteiger partial charge on any atom is 0.112 e. The van der Waals surface area contributed by atoms with Crippen LogP contribution >= 0.6 is 0 Å². The van der Waals surface area contributed by atoms with E-state index in [2.05, 4.69) is 37.1 Å². The molecule has 1 aliphatic heterocycles. The van der Waals surface area contributed by atoms with Crippen molar-refractivity contribution in [2.75, 3.05) is 26.2 Å². The summed E-state index contributed by atoms with van der Waals surface area (Å²) in [5, 5.41) is 13.3. The van der Waals surface area contributed by atoms with Crippen molar-refractivity contribution in [3.8, 4) is 6.07 Å². The summed E-state index contributed by atoms with van der Waals surface area (Å²) in [6.45, 7) is 11.0. The molecule has 1 saturated heterocycles. The summed E-state index contributed by atoms with van der Waals surface area (Å²) in [5.41, 5.74) is -0.200. The van der Waals surface area contributed by atoms with Gasteiger partial charge in [-0.3, -0.25) is 4.90 Å². The molecule has 102 valence electrons. The molecule has 0 radical (unpaired) electrons. The van der Waals surface area contributed by atoms with Crippen LogP contribution in [0.2, 0.25) is 0 Å². The molecule has 3 unspecified atom stereocenters. The molecule has 18 heavy (non-hydrogen) atoms. The third-order valence-electron chi connectivity index (χ3n) is 4.92. The Kier molecular flexibility index (Phi) is 4.29. The van der Waals surface area contributed by atoms with Gasteiger partial charge in [0.15, 0.2) is 0 Å². The molecule has 2 fully saturated rings. The fourth-order valence-corrected chi connectivity index (χ4v) is 4.00. The predicted octanol–water partition coefficient (Wildman–Crippen LogP) is 2.25. The third-order valence-corrected chi connectivity index (χ3v) is 4.92. The zero-order valence-electron chi connectivity index (χ0n) is 12.1. The Morgan fingerprint density at radius 2 is 1.94 bits per heavy atom. The van der Waals surface area contributed by atoms with Crippen LogP contribution in [0.25, 0.3) is 0 Å². The first-order chi connectivity index (χ1) is 8.60. The molecule has 1 saturated carbocycles. The molecule has 3 atom stereocenters. The molecule has 3 heteroatoms.